The number of hydrogen-bond acceptors (Lipinski definition) is 4. The van der Waals surface area contributed by atoms with Crippen molar-refractivity contribution in [1.82, 2.24) is 5.32 Å². The van der Waals surface area contributed by atoms with Crippen molar-refractivity contribution in [3.8, 4) is 5.75 Å². The Bertz CT molecular complexity index is 476. The molecular weight excluding hydrogens is 252 g/mol. The molecule has 20 heavy (non-hydrogen) atoms. The average Bonchev–Trinajstić information content (AvgIpc) is 3.16. The summed E-state index contributed by atoms with van der Waals surface area (Å²) in [7, 11) is 0. The molecule has 1 unspecified atom stereocenters. The first-order chi connectivity index (χ1) is 9.40. The number of phenolic OH excluding ortho intramolecular Hbond substituents is 1. The number of rotatable bonds is 6. The van der Waals surface area contributed by atoms with Gasteiger partial charge < -0.3 is 10.4 Å². The van der Waals surface area contributed by atoms with E-state index in [4.69, 9.17) is 0 Å². The Morgan fingerprint density at radius 2 is 2.10 bits per heavy atom. The normalized spacial score (nSPS) is 16.9. The Labute approximate surface area is 120 Å². The number of aromatic hydroxyl groups is 1. The van der Waals surface area contributed by atoms with Crippen LogP contribution >= 0.6 is 0 Å². The zero-order chi connectivity index (χ0) is 14.8. The lowest BCUT2D eigenvalue weighted by Gasteiger charge is -2.26. The highest BCUT2D eigenvalue weighted by atomic mass is 16.3. The largest absolute Gasteiger partial charge is 0.508 e. The van der Waals surface area contributed by atoms with Gasteiger partial charge >= 0.3 is 0 Å². The van der Waals surface area contributed by atoms with Crippen molar-refractivity contribution < 1.29 is 5.11 Å². The fourth-order valence-corrected chi connectivity index (χ4v) is 2.50. The molecule has 0 heterocycles. The van der Waals surface area contributed by atoms with Crippen LogP contribution in [0.4, 0.5) is 0 Å². The summed E-state index contributed by atoms with van der Waals surface area (Å²) in [5, 5.41) is 16.2. The minimum Gasteiger partial charge on any atom is -0.508 e. The molecule has 110 valence electrons. The van der Waals surface area contributed by atoms with Crippen LogP contribution in [-0.4, -0.2) is 17.2 Å². The number of hydrogen-bond donors (Lipinski definition) is 2. The second-order valence-electron chi connectivity index (χ2n) is 6.75. The maximum Gasteiger partial charge on any atom is 0.120 e. The van der Waals surface area contributed by atoms with Gasteiger partial charge in [-0.15, -0.1) is 0 Å². The number of nitrogens with zero attached hydrogens (tertiary/aromatic N) is 1. The maximum atomic E-state index is 10.4. The maximum absolute atomic E-state index is 10.4. The van der Waals surface area contributed by atoms with Crippen molar-refractivity contribution >= 4 is 0 Å². The van der Waals surface area contributed by atoms with Crippen LogP contribution in [0.5, 0.6) is 5.75 Å². The van der Waals surface area contributed by atoms with E-state index >= 15 is 0 Å². The molecule has 2 rings (SSSR count). The highest BCUT2D eigenvalue weighted by molar-refractivity contribution is 5.38. The van der Waals surface area contributed by atoms with Crippen LogP contribution in [0, 0.1) is 10.8 Å². The summed E-state index contributed by atoms with van der Waals surface area (Å²) in [5.41, 5.74) is 1.91. The highest BCUT2D eigenvalue weighted by Crippen LogP contribution is 2.43. The van der Waals surface area contributed by atoms with E-state index in [1.165, 1.54) is 18.4 Å². The summed E-state index contributed by atoms with van der Waals surface area (Å²) >= 11 is 0. The Kier molecular flexibility index (Phi) is 4.43. The smallest absolute Gasteiger partial charge is 0.120 e. The van der Waals surface area contributed by atoms with Crippen LogP contribution in [-0.2, 0) is 6.54 Å². The van der Waals surface area contributed by atoms with Gasteiger partial charge in [0.15, 0.2) is 0 Å². The molecule has 1 aliphatic carbocycles. The summed E-state index contributed by atoms with van der Waals surface area (Å²) in [5.74, 6) is 1.32. The monoisotopic (exact) mass is 276 g/mol. The molecule has 0 saturated heterocycles. The minimum atomic E-state index is 0.0315. The summed E-state index contributed by atoms with van der Waals surface area (Å²) in [6, 6.07) is 5.59. The van der Waals surface area contributed by atoms with E-state index in [0.29, 0.717) is 17.4 Å². The molecule has 4 nitrogen and oxygen atoms in total. The van der Waals surface area contributed by atoms with Crippen LogP contribution in [0.25, 0.3) is 0 Å². The molecule has 1 fully saturated rings. The highest BCUT2D eigenvalue weighted by Gasteiger charge is 2.33. The summed E-state index contributed by atoms with van der Waals surface area (Å²) in [6.07, 6.45) is 2.53. The molecule has 0 aliphatic heterocycles. The quantitative estimate of drug-likeness (QED) is 0.781. The van der Waals surface area contributed by atoms with Crippen LogP contribution in [0.15, 0.2) is 23.4 Å². The SMILES string of the molecule is CC(C)(C)NCC(c1ccc(O)c(CN=O)c1)C1CC1. The van der Waals surface area contributed by atoms with Crippen molar-refractivity contribution in [1.29, 1.82) is 0 Å². The Hall–Kier alpha value is -1.42. The second kappa shape index (κ2) is 5.92. The molecule has 0 bridgehead atoms. The first kappa shape index (κ1) is 15.0. The molecule has 0 radical (unpaired) electrons. The van der Waals surface area contributed by atoms with Gasteiger partial charge in [-0.25, -0.2) is 0 Å². The first-order valence-corrected chi connectivity index (χ1v) is 7.26. The average molecular weight is 276 g/mol. The van der Waals surface area contributed by atoms with Gasteiger partial charge in [-0.3, -0.25) is 0 Å². The lowest BCUT2D eigenvalue weighted by atomic mass is 9.91. The summed E-state index contributed by atoms with van der Waals surface area (Å²) in [6.45, 7) is 7.44. The first-order valence-electron chi connectivity index (χ1n) is 7.26. The molecule has 1 atom stereocenters. The summed E-state index contributed by atoms with van der Waals surface area (Å²) < 4.78 is 0. The predicted octanol–water partition coefficient (Wildman–Crippen LogP) is 3.54. The summed E-state index contributed by atoms with van der Waals surface area (Å²) in [4.78, 5) is 10.4. The molecule has 2 N–H and O–H groups in total. The third kappa shape index (κ3) is 4.04. The Morgan fingerprint density at radius 1 is 1.40 bits per heavy atom. The van der Waals surface area contributed by atoms with E-state index in [9.17, 15) is 10.0 Å². The lowest BCUT2D eigenvalue weighted by molar-refractivity contribution is 0.393. The van der Waals surface area contributed by atoms with Crippen LogP contribution in [0.2, 0.25) is 0 Å². The van der Waals surface area contributed by atoms with E-state index in [0.717, 1.165) is 6.54 Å². The fraction of sp³-hybridized carbons (Fsp3) is 0.625. The van der Waals surface area contributed by atoms with Gasteiger partial charge in [-0.05, 0) is 63.1 Å². The molecule has 4 heteroatoms. The van der Waals surface area contributed by atoms with Gasteiger partial charge in [0.05, 0.1) is 0 Å². The molecule has 1 aliphatic rings. The van der Waals surface area contributed by atoms with Gasteiger partial charge in [0, 0.05) is 17.6 Å². The molecule has 0 spiro atoms. The molecule has 0 amide bonds. The van der Waals surface area contributed by atoms with Crippen molar-refractivity contribution in [3.63, 3.8) is 0 Å². The zero-order valence-electron chi connectivity index (χ0n) is 12.5. The number of phenols is 1. The topological polar surface area (TPSA) is 61.7 Å². The molecule has 0 aromatic heterocycles. The Morgan fingerprint density at radius 3 is 2.65 bits per heavy atom. The Balaban J connectivity index is 2.16. The van der Waals surface area contributed by atoms with E-state index < -0.39 is 0 Å². The molecule has 1 saturated carbocycles. The number of benzene rings is 1. The van der Waals surface area contributed by atoms with Crippen LogP contribution < -0.4 is 5.32 Å². The molecular formula is C16H24N2O2. The van der Waals surface area contributed by atoms with Crippen molar-refractivity contribution in [2.45, 2.75) is 51.6 Å². The van der Waals surface area contributed by atoms with Crippen molar-refractivity contribution in [2.75, 3.05) is 6.54 Å². The second-order valence-corrected chi connectivity index (χ2v) is 6.75. The van der Waals surface area contributed by atoms with Crippen LogP contribution in [0.1, 0.15) is 50.7 Å². The van der Waals surface area contributed by atoms with Gasteiger partial charge in [-0.1, -0.05) is 11.2 Å². The third-order valence-electron chi connectivity index (χ3n) is 3.81. The molecule has 1 aromatic carbocycles. The van der Waals surface area contributed by atoms with Crippen LogP contribution in [0.3, 0.4) is 0 Å². The van der Waals surface area contributed by atoms with E-state index in [2.05, 4.69) is 31.3 Å². The third-order valence-corrected chi connectivity index (χ3v) is 3.81. The number of nitrogens with one attached hydrogen (secondary N) is 1. The number of nitroso groups, excluding NO2 is 1. The minimum absolute atomic E-state index is 0.0315. The lowest BCUT2D eigenvalue weighted by Crippen LogP contribution is -2.39. The zero-order valence-corrected chi connectivity index (χ0v) is 12.5. The molecule has 1 aromatic rings. The van der Waals surface area contributed by atoms with Crippen molar-refractivity contribution in [3.05, 3.63) is 34.2 Å². The fourth-order valence-electron chi connectivity index (χ4n) is 2.50. The van der Waals surface area contributed by atoms with Crippen molar-refractivity contribution in [2.24, 2.45) is 11.1 Å². The van der Waals surface area contributed by atoms with E-state index in [-0.39, 0.29) is 17.8 Å². The van der Waals surface area contributed by atoms with Gasteiger partial charge in [0.2, 0.25) is 0 Å². The van der Waals surface area contributed by atoms with Gasteiger partial charge in [0.1, 0.15) is 12.3 Å². The van der Waals surface area contributed by atoms with Gasteiger partial charge in [0.25, 0.3) is 0 Å². The van der Waals surface area contributed by atoms with Gasteiger partial charge in [-0.2, -0.15) is 4.91 Å². The standard InChI is InChI=1S/C16H24N2O2/c1-16(2,3)17-10-14(11-4-5-11)12-6-7-15(19)13(8-12)9-18-20/h6-8,11,14,17,19H,4-5,9-10H2,1-3H3. The predicted molar refractivity (Wildman–Crippen MR) is 80.8 cm³/mol. The van der Waals surface area contributed by atoms with E-state index in [1.54, 1.807) is 6.07 Å². The van der Waals surface area contributed by atoms with E-state index in [1.807, 2.05) is 12.1 Å².